The van der Waals surface area contributed by atoms with Crippen molar-refractivity contribution in [3.05, 3.63) is 41.2 Å². The van der Waals surface area contributed by atoms with Gasteiger partial charge in [0.25, 0.3) is 0 Å². The van der Waals surface area contributed by atoms with Crippen LogP contribution in [0.2, 0.25) is 5.02 Å². The van der Waals surface area contributed by atoms with Crippen molar-refractivity contribution in [1.29, 1.82) is 0 Å². The minimum Gasteiger partial charge on any atom is -0.479 e. The van der Waals surface area contributed by atoms with Crippen molar-refractivity contribution in [3.63, 3.8) is 0 Å². The number of hydrogen-bond acceptors (Lipinski definition) is 4. The molecule has 0 atom stereocenters. The zero-order valence-electron chi connectivity index (χ0n) is 11.9. The summed E-state index contributed by atoms with van der Waals surface area (Å²) in [6.07, 6.45) is 3.26. The molecular weight excluding hydrogens is 274 g/mol. The first kappa shape index (κ1) is 14.8. The van der Waals surface area contributed by atoms with Crippen molar-refractivity contribution in [3.8, 4) is 17.1 Å². The summed E-state index contributed by atoms with van der Waals surface area (Å²) in [4.78, 5) is 8.57. The lowest BCUT2D eigenvalue weighted by Crippen LogP contribution is -2.22. The topological polar surface area (TPSA) is 47.0 Å². The van der Waals surface area contributed by atoms with Gasteiger partial charge in [0.15, 0.2) is 0 Å². The first-order valence-electron chi connectivity index (χ1n) is 6.49. The largest absolute Gasteiger partial charge is 0.479 e. The van der Waals surface area contributed by atoms with Gasteiger partial charge in [0.1, 0.15) is 5.69 Å². The van der Waals surface area contributed by atoms with Crippen molar-refractivity contribution >= 4 is 11.6 Å². The van der Waals surface area contributed by atoms with E-state index in [1.807, 2.05) is 18.2 Å². The maximum atomic E-state index is 6.12. The van der Waals surface area contributed by atoms with E-state index in [4.69, 9.17) is 16.3 Å². The van der Waals surface area contributed by atoms with Crippen molar-refractivity contribution in [1.82, 2.24) is 15.3 Å². The molecule has 0 aliphatic carbocycles. The third kappa shape index (κ3) is 3.46. The highest BCUT2D eigenvalue weighted by atomic mass is 35.5. The van der Waals surface area contributed by atoms with E-state index in [1.165, 1.54) is 0 Å². The van der Waals surface area contributed by atoms with E-state index < -0.39 is 0 Å². The SMILES string of the molecule is COc1nccnc1-c1cc(Cl)ccc1CNC(C)C. The number of aromatic nitrogens is 2. The zero-order valence-corrected chi connectivity index (χ0v) is 12.6. The van der Waals surface area contributed by atoms with Crippen LogP contribution in [0.4, 0.5) is 0 Å². The second kappa shape index (κ2) is 6.68. The van der Waals surface area contributed by atoms with Crippen LogP contribution in [0.5, 0.6) is 5.88 Å². The van der Waals surface area contributed by atoms with Gasteiger partial charge < -0.3 is 10.1 Å². The summed E-state index contributed by atoms with van der Waals surface area (Å²) in [6, 6.07) is 6.18. The Hall–Kier alpha value is -1.65. The highest BCUT2D eigenvalue weighted by Crippen LogP contribution is 2.30. The van der Waals surface area contributed by atoms with Gasteiger partial charge in [0, 0.05) is 35.6 Å². The van der Waals surface area contributed by atoms with E-state index in [2.05, 4.69) is 29.1 Å². The van der Waals surface area contributed by atoms with Crippen molar-refractivity contribution < 1.29 is 4.74 Å². The summed E-state index contributed by atoms with van der Waals surface area (Å²) in [5, 5.41) is 4.06. The highest BCUT2D eigenvalue weighted by Gasteiger charge is 2.13. The molecule has 0 spiro atoms. The van der Waals surface area contributed by atoms with E-state index in [0.717, 1.165) is 17.7 Å². The molecule has 0 bridgehead atoms. The Morgan fingerprint density at radius 3 is 2.70 bits per heavy atom. The molecule has 2 rings (SSSR count). The number of rotatable bonds is 5. The van der Waals surface area contributed by atoms with Crippen LogP contribution >= 0.6 is 11.6 Å². The summed E-state index contributed by atoms with van der Waals surface area (Å²) in [7, 11) is 1.59. The first-order valence-corrected chi connectivity index (χ1v) is 6.86. The minimum absolute atomic E-state index is 0.405. The lowest BCUT2D eigenvalue weighted by Gasteiger charge is -2.14. The van der Waals surface area contributed by atoms with Crippen LogP contribution in [0.25, 0.3) is 11.3 Å². The molecule has 20 heavy (non-hydrogen) atoms. The Balaban J connectivity index is 2.45. The zero-order chi connectivity index (χ0) is 14.5. The molecule has 5 heteroatoms. The number of hydrogen-bond donors (Lipinski definition) is 1. The Kier molecular flexibility index (Phi) is 4.93. The minimum atomic E-state index is 0.405. The number of ether oxygens (including phenoxy) is 1. The van der Waals surface area contributed by atoms with Crippen molar-refractivity contribution in [2.75, 3.05) is 7.11 Å². The summed E-state index contributed by atoms with van der Waals surface area (Å²) >= 11 is 6.12. The fourth-order valence-corrected chi connectivity index (χ4v) is 2.07. The molecule has 1 N–H and O–H groups in total. The maximum Gasteiger partial charge on any atom is 0.240 e. The molecule has 0 saturated heterocycles. The molecule has 0 aliphatic rings. The van der Waals surface area contributed by atoms with E-state index in [0.29, 0.717) is 22.6 Å². The Morgan fingerprint density at radius 1 is 1.25 bits per heavy atom. The molecule has 0 amide bonds. The molecule has 0 saturated carbocycles. The third-order valence-electron chi connectivity index (χ3n) is 2.89. The van der Waals surface area contributed by atoms with Crippen LogP contribution in [-0.2, 0) is 6.54 Å². The Morgan fingerprint density at radius 2 is 2.00 bits per heavy atom. The molecule has 0 unspecified atom stereocenters. The van der Waals surface area contributed by atoms with Crippen LogP contribution in [0, 0.1) is 0 Å². The van der Waals surface area contributed by atoms with Gasteiger partial charge in [-0.15, -0.1) is 0 Å². The molecule has 0 radical (unpaired) electrons. The Labute approximate surface area is 124 Å². The van der Waals surface area contributed by atoms with Gasteiger partial charge in [-0.25, -0.2) is 9.97 Å². The molecule has 0 aliphatic heterocycles. The van der Waals surface area contributed by atoms with Gasteiger partial charge >= 0.3 is 0 Å². The fraction of sp³-hybridized carbons (Fsp3) is 0.333. The van der Waals surface area contributed by atoms with Crippen LogP contribution in [0.1, 0.15) is 19.4 Å². The molecule has 106 valence electrons. The molecule has 1 aromatic heterocycles. The summed E-state index contributed by atoms with van der Waals surface area (Å²) in [5.74, 6) is 0.501. The average molecular weight is 292 g/mol. The molecular formula is C15H18ClN3O. The van der Waals surface area contributed by atoms with Gasteiger partial charge in [-0.2, -0.15) is 0 Å². The van der Waals surface area contributed by atoms with Crippen LogP contribution in [0.3, 0.4) is 0 Å². The van der Waals surface area contributed by atoms with Crippen molar-refractivity contribution in [2.24, 2.45) is 0 Å². The fourth-order valence-electron chi connectivity index (χ4n) is 1.90. The number of methoxy groups -OCH3 is 1. The number of halogens is 1. The number of nitrogens with one attached hydrogen (secondary N) is 1. The third-order valence-corrected chi connectivity index (χ3v) is 3.12. The normalized spacial score (nSPS) is 10.8. The Bertz CT molecular complexity index is 587. The second-order valence-electron chi connectivity index (χ2n) is 4.75. The average Bonchev–Trinajstić information content (AvgIpc) is 2.45. The molecule has 0 fully saturated rings. The second-order valence-corrected chi connectivity index (χ2v) is 5.19. The van der Waals surface area contributed by atoms with Gasteiger partial charge in [0.2, 0.25) is 5.88 Å². The van der Waals surface area contributed by atoms with E-state index in [-0.39, 0.29) is 0 Å². The summed E-state index contributed by atoms with van der Waals surface area (Å²) < 4.78 is 5.28. The van der Waals surface area contributed by atoms with Gasteiger partial charge in [-0.05, 0) is 17.7 Å². The molecule has 2 aromatic rings. The van der Waals surface area contributed by atoms with E-state index >= 15 is 0 Å². The molecule has 1 heterocycles. The molecule has 4 nitrogen and oxygen atoms in total. The highest BCUT2D eigenvalue weighted by molar-refractivity contribution is 6.30. The van der Waals surface area contributed by atoms with Gasteiger partial charge in [-0.1, -0.05) is 31.5 Å². The summed E-state index contributed by atoms with van der Waals surface area (Å²) in [6.45, 7) is 4.96. The monoisotopic (exact) mass is 291 g/mol. The van der Waals surface area contributed by atoms with Crippen LogP contribution in [-0.4, -0.2) is 23.1 Å². The first-order chi connectivity index (χ1) is 9.61. The van der Waals surface area contributed by atoms with Crippen molar-refractivity contribution in [2.45, 2.75) is 26.4 Å². The number of benzene rings is 1. The standard InChI is InChI=1S/C15H18ClN3O/c1-10(2)19-9-11-4-5-12(16)8-13(11)14-15(20-3)18-7-6-17-14/h4-8,10,19H,9H2,1-3H3. The van der Waals surface area contributed by atoms with Gasteiger partial charge in [-0.3, -0.25) is 0 Å². The predicted molar refractivity (Wildman–Crippen MR) is 81.0 cm³/mol. The smallest absolute Gasteiger partial charge is 0.240 e. The summed E-state index contributed by atoms with van der Waals surface area (Å²) in [5.41, 5.74) is 2.76. The predicted octanol–water partition coefficient (Wildman–Crippen LogP) is 3.30. The van der Waals surface area contributed by atoms with Gasteiger partial charge in [0.05, 0.1) is 7.11 Å². The van der Waals surface area contributed by atoms with Crippen LogP contribution < -0.4 is 10.1 Å². The van der Waals surface area contributed by atoms with Crippen LogP contribution in [0.15, 0.2) is 30.6 Å². The lowest BCUT2D eigenvalue weighted by atomic mass is 10.0. The quantitative estimate of drug-likeness (QED) is 0.918. The van der Waals surface area contributed by atoms with E-state index in [1.54, 1.807) is 19.5 Å². The number of nitrogens with zero attached hydrogens (tertiary/aromatic N) is 2. The van der Waals surface area contributed by atoms with E-state index in [9.17, 15) is 0 Å². The lowest BCUT2D eigenvalue weighted by molar-refractivity contribution is 0.397. The maximum absolute atomic E-state index is 6.12. The molecule has 1 aromatic carbocycles.